The Balaban J connectivity index is 1.98. The van der Waals surface area contributed by atoms with Gasteiger partial charge in [-0.15, -0.1) is 0 Å². The molecule has 0 amide bonds. The first kappa shape index (κ1) is 11.0. The summed E-state index contributed by atoms with van der Waals surface area (Å²) in [5.41, 5.74) is 2.19. The minimum atomic E-state index is 0.231. The van der Waals surface area contributed by atoms with Gasteiger partial charge >= 0.3 is 0 Å². The van der Waals surface area contributed by atoms with Gasteiger partial charge < -0.3 is 5.32 Å². The summed E-state index contributed by atoms with van der Waals surface area (Å²) in [5, 5.41) is 20.8. The van der Waals surface area contributed by atoms with E-state index in [1.807, 2.05) is 24.3 Å². The normalized spacial score (nSPS) is 10.4. The Morgan fingerprint density at radius 3 is 3.17 bits per heavy atom. The van der Waals surface area contributed by atoms with E-state index < -0.39 is 0 Å². The average Bonchev–Trinajstić information content (AvgIpc) is 2.96. The third-order valence-electron chi connectivity index (χ3n) is 2.46. The molecule has 0 aliphatic carbocycles. The Labute approximate surface area is 111 Å². The van der Waals surface area contributed by atoms with Crippen molar-refractivity contribution in [2.24, 2.45) is 0 Å². The van der Waals surface area contributed by atoms with Gasteiger partial charge in [0.05, 0.1) is 11.7 Å². The lowest BCUT2D eigenvalue weighted by Gasteiger charge is -2.03. The van der Waals surface area contributed by atoms with Gasteiger partial charge in [0.15, 0.2) is 5.15 Å². The van der Waals surface area contributed by atoms with Crippen LogP contribution in [-0.2, 0) is 0 Å². The van der Waals surface area contributed by atoms with Gasteiger partial charge in [0.25, 0.3) is 0 Å². The Morgan fingerprint density at radius 2 is 2.33 bits per heavy atom. The molecule has 0 atom stereocenters. The molecular weight excluding hydrogens is 270 g/mol. The number of fused-ring (bicyclic) bond motifs is 1. The maximum absolute atomic E-state index is 8.98. The van der Waals surface area contributed by atoms with Crippen molar-refractivity contribution in [2.75, 3.05) is 5.32 Å². The molecule has 0 unspecified atom stereocenters. The van der Waals surface area contributed by atoms with E-state index in [0.29, 0.717) is 10.6 Å². The zero-order valence-corrected chi connectivity index (χ0v) is 10.5. The highest BCUT2D eigenvalue weighted by Crippen LogP contribution is 2.31. The lowest BCUT2D eigenvalue weighted by molar-refractivity contribution is 1.12. The van der Waals surface area contributed by atoms with Crippen LogP contribution < -0.4 is 5.32 Å². The van der Waals surface area contributed by atoms with Crippen molar-refractivity contribution in [1.29, 1.82) is 5.26 Å². The second-order valence-electron chi connectivity index (χ2n) is 3.59. The molecule has 0 saturated carbocycles. The van der Waals surface area contributed by atoms with Crippen molar-refractivity contribution in [3.63, 3.8) is 0 Å². The average molecular weight is 276 g/mol. The van der Waals surface area contributed by atoms with E-state index in [1.54, 1.807) is 6.20 Å². The van der Waals surface area contributed by atoms with Gasteiger partial charge in [0.2, 0.25) is 0 Å². The summed E-state index contributed by atoms with van der Waals surface area (Å²) < 4.78 is 3.94. The fourth-order valence-electron chi connectivity index (χ4n) is 1.60. The van der Waals surface area contributed by atoms with Crippen molar-refractivity contribution in [3.05, 3.63) is 35.1 Å². The molecule has 0 spiro atoms. The first-order chi connectivity index (χ1) is 8.78. The number of H-pyrrole nitrogens is 1. The van der Waals surface area contributed by atoms with Crippen LogP contribution in [0.3, 0.4) is 0 Å². The van der Waals surface area contributed by atoms with E-state index >= 15 is 0 Å². The van der Waals surface area contributed by atoms with Gasteiger partial charge in [0.1, 0.15) is 16.6 Å². The summed E-state index contributed by atoms with van der Waals surface area (Å²) >= 11 is 6.97. The Morgan fingerprint density at radius 1 is 1.44 bits per heavy atom. The lowest BCUT2D eigenvalue weighted by atomic mass is 10.2. The molecule has 0 aliphatic heterocycles. The SMILES string of the molecule is N#Cc1c(Cl)nsc1Nc1ccc2[nH]ncc2c1. The predicted octanol–water partition coefficient (Wildman–Crippen LogP) is 3.29. The van der Waals surface area contributed by atoms with Crippen LogP contribution in [0.15, 0.2) is 24.4 Å². The van der Waals surface area contributed by atoms with Crippen LogP contribution in [0, 0.1) is 11.3 Å². The summed E-state index contributed by atoms with van der Waals surface area (Å²) in [4.78, 5) is 0. The number of nitriles is 1. The van der Waals surface area contributed by atoms with Crippen LogP contribution in [0.25, 0.3) is 10.9 Å². The molecule has 2 heterocycles. The van der Waals surface area contributed by atoms with E-state index in [1.165, 1.54) is 0 Å². The molecule has 18 heavy (non-hydrogen) atoms. The van der Waals surface area contributed by atoms with Crippen LogP contribution in [-0.4, -0.2) is 14.6 Å². The topological polar surface area (TPSA) is 77.4 Å². The zero-order chi connectivity index (χ0) is 12.5. The standard InChI is InChI=1S/C11H6ClN5S/c12-10-8(4-13)11(18-17-10)15-7-1-2-9-6(3-7)5-14-16-9/h1-3,5,15H,(H,14,16). The highest BCUT2D eigenvalue weighted by Gasteiger charge is 2.11. The van der Waals surface area contributed by atoms with Gasteiger partial charge in [-0.25, -0.2) is 0 Å². The molecule has 0 fully saturated rings. The lowest BCUT2D eigenvalue weighted by Crippen LogP contribution is -1.89. The first-order valence-electron chi connectivity index (χ1n) is 5.03. The summed E-state index contributed by atoms with van der Waals surface area (Å²) in [6.07, 6.45) is 1.74. The highest BCUT2D eigenvalue weighted by molar-refractivity contribution is 7.11. The summed E-state index contributed by atoms with van der Waals surface area (Å²) in [5.74, 6) is 0. The minimum Gasteiger partial charge on any atom is -0.345 e. The van der Waals surface area contributed by atoms with Gasteiger partial charge in [-0.2, -0.15) is 14.7 Å². The Hall–Kier alpha value is -2.10. The molecule has 7 heteroatoms. The fraction of sp³-hybridized carbons (Fsp3) is 0. The van der Waals surface area contributed by atoms with Crippen LogP contribution in [0.2, 0.25) is 5.15 Å². The molecule has 1 aromatic carbocycles. The quantitative estimate of drug-likeness (QED) is 0.752. The molecule has 0 aliphatic rings. The Kier molecular flexibility index (Phi) is 2.63. The van der Waals surface area contributed by atoms with E-state index in [2.05, 4.69) is 19.9 Å². The molecule has 0 bridgehead atoms. The van der Waals surface area contributed by atoms with Gasteiger partial charge in [0, 0.05) is 11.1 Å². The van der Waals surface area contributed by atoms with Gasteiger partial charge in [-0.05, 0) is 29.7 Å². The van der Waals surface area contributed by atoms with Crippen molar-refractivity contribution in [2.45, 2.75) is 0 Å². The smallest absolute Gasteiger partial charge is 0.162 e. The number of aromatic nitrogens is 3. The molecule has 5 nitrogen and oxygen atoms in total. The monoisotopic (exact) mass is 275 g/mol. The number of hydrogen-bond acceptors (Lipinski definition) is 5. The molecular formula is C11H6ClN5S. The van der Waals surface area contributed by atoms with Crippen molar-refractivity contribution < 1.29 is 0 Å². The number of rotatable bonds is 2. The molecule has 3 aromatic rings. The summed E-state index contributed by atoms with van der Waals surface area (Å²) in [7, 11) is 0. The molecule has 0 saturated heterocycles. The minimum absolute atomic E-state index is 0.231. The second kappa shape index (κ2) is 4.29. The maximum Gasteiger partial charge on any atom is 0.162 e. The number of anilines is 2. The van der Waals surface area contributed by atoms with Crippen molar-refractivity contribution in [3.8, 4) is 6.07 Å². The number of benzene rings is 1. The van der Waals surface area contributed by atoms with Gasteiger partial charge in [-0.1, -0.05) is 11.6 Å². The van der Waals surface area contributed by atoms with E-state index in [0.717, 1.165) is 28.1 Å². The Bertz CT molecular complexity index is 754. The second-order valence-corrected chi connectivity index (χ2v) is 4.72. The van der Waals surface area contributed by atoms with E-state index in [-0.39, 0.29) is 5.15 Å². The largest absolute Gasteiger partial charge is 0.345 e. The van der Waals surface area contributed by atoms with Crippen LogP contribution in [0.5, 0.6) is 0 Å². The molecule has 2 aromatic heterocycles. The fourth-order valence-corrected chi connectivity index (χ4v) is 2.56. The highest BCUT2D eigenvalue weighted by atomic mass is 35.5. The third-order valence-corrected chi connectivity index (χ3v) is 3.60. The first-order valence-corrected chi connectivity index (χ1v) is 6.18. The zero-order valence-electron chi connectivity index (χ0n) is 8.94. The summed E-state index contributed by atoms with van der Waals surface area (Å²) in [6.45, 7) is 0. The molecule has 88 valence electrons. The molecule has 2 N–H and O–H groups in total. The predicted molar refractivity (Wildman–Crippen MR) is 71.2 cm³/mol. The van der Waals surface area contributed by atoms with E-state index in [9.17, 15) is 0 Å². The van der Waals surface area contributed by atoms with Crippen LogP contribution in [0.1, 0.15) is 5.56 Å². The van der Waals surface area contributed by atoms with Crippen LogP contribution >= 0.6 is 23.1 Å². The summed E-state index contributed by atoms with van der Waals surface area (Å²) in [6, 6.07) is 7.78. The van der Waals surface area contributed by atoms with Gasteiger partial charge in [-0.3, -0.25) is 5.10 Å². The molecule has 3 rings (SSSR count). The van der Waals surface area contributed by atoms with Crippen molar-refractivity contribution >= 4 is 44.7 Å². The number of halogens is 1. The maximum atomic E-state index is 8.98. The van der Waals surface area contributed by atoms with E-state index in [4.69, 9.17) is 16.9 Å². The number of hydrogen-bond donors (Lipinski definition) is 2. The number of aromatic amines is 1. The number of nitrogens with zero attached hydrogens (tertiary/aromatic N) is 3. The van der Waals surface area contributed by atoms with Crippen LogP contribution in [0.4, 0.5) is 10.7 Å². The number of nitrogens with one attached hydrogen (secondary N) is 2. The molecule has 0 radical (unpaired) electrons. The third kappa shape index (κ3) is 1.79. The van der Waals surface area contributed by atoms with Crippen molar-refractivity contribution in [1.82, 2.24) is 14.6 Å².